The van der Waals surface area contributed by atoms with E-state index in [4.69, 9.17) is 5.26 Å². The van der Waals surface area contributed by atoms with Crippen molar-refractivity contribution in [1.29, 1.82) is 5.26 Å². The predicted octanol–water partition coefficient (Wildman–Crippen LogP) is 2.49. The van der Waals surface area contributed by atoms with E-state index in [2.05, 4.69) is 31.3 Å². The summed E-state index contributed by atoms with van der Waals surface area (Å²) in [6.07, 6.45) is 6.46. The summed E-state index contributed by atoms with van der Waals surface area (Å²) in [7, 11) is 3.65. The van der Waals surface area contributed by atoms with E-state index in [9.17, 15) is 4.79 Å². The highest BCUT2D eigenvalue weighted by atomic mass is 32.1. The summed E-state index contributed by atoms with van der Waals surface area (Å²) in [5.74, 6) is 0. The van der Waals surface area contributed by atoms with E-state index in [1.165, 1.54) is 17.5 Å². The van der Waals surface area contributed by atoms with Crippen molar-refractivity contribution in [2.75, 3.05) is 7.05 Å². The number of pyridine rings is 1. The third-order valence-electron chi connectivity index (χ3n) is 4.58. The van der Waals surface area contributed by atoms with Crippen LogP contribution in [0.5, 0.6) is 0 Å². The first-order chi connectivity index (χ1) is 14.6. The molecule has 0 aromatic carbocycles. The van der Waals surface area contributed by atoms with Crippen LogP contribution in [-0.4, -0.2) is 49.3 Å². The number of aryl methyl sites for hydroxylation is 1. The van der Waals surface area contributed by atoms with Crippen LogP contribution in [0.15, 0.2) is 35.7 Å². The first kappa shape index (κ1) is 19.5. The number of hydrogen-bond donors (Lipinski definition) is 1. The Morgan fingerprint density at radius 1 is 1.37 bits per heavy atom. The molecule has 150 valence electrons. The van der Waals surface area contributed by atoms with Gasteiger partial charge in [0.05, 0.1) is 40.1 Å². The van der Waals surface area contributed by atoms with Crippen molar-refractivity contribution < 1.29 is 4.79 Å². The van der Waals surface area contributed by atoms with Crippen LogP contribution >= 0.6 is 11.3 Å². The number of carbonyl (C=O) groups is 1. The lowest BCUT2D eigenvalue weighted by molar-refractivity contribution is 0.111. The molecule has 0 saturated heterocycles. The number of thiazole rings is 1. The SMILES string of the molecule is CN(Cc1ccc(C#N)cn1)/N=C\c1c(C=O)n(C)c2nc(Cc3cc[nH]n3)sc12. The number of nitrogens with zero attached hydrogens (tertiary/aromatic N) is 7. The second-order valence-corrected chi connectivity index (χ2v) is 7.77. The van der Waals surface area contributed by atoms with E-state index in [1.807, 2.05) is 20.2 Å². The lowest BCUT2D eigenvalue weighted by Crippen LogP contribution is -2.12. The fourth-order valence-electron chi connectivity index (χ4n) is 3.07. The zero-order valence-electron chi connectivity index (χ0n) is 16.4. The Morgan fingerprint density at radius 2 is 2.23 bits per heavy atom. The van der Waals surface area contributed by atoms with Gasteiger partial charge in [-0.25, -0.2) is 4.98 Å². The van der Waals surface area contributed by atoms with Gasteiger partial charge < -0.3 is 4.57 Å². The first-order valence-electron chi connectivity index (χ1n) is 9.11. The smallest absolute Gasteiger partial charge is 0.167 e. The summed E-state index contributed by atoms with van der Waals surface area (Å²) in [4.78, 5) is 20.6. The van der Waals surface area contributed by atoms with Gasteiger partial charge in [0.1, 0.15) is 11.1 Å². The average molecular weight is 418 g/mol. The molecular weight excluding hydrogens is 400 g/mol. The van der Waals surface area contributed by atoms with Crippen molar-refractivity contribution in [2.24, 2.45) is 12.1 Å². The normalized spacial score (nSPS) is 11.2. The first-order valence-corrected chi connectivity index (χ1v) is 9.92. The van der Waals surface area contributed by atoms with Gasteiger partial charge in [0.25, 0.3) is 0 Å². The molecule has 0 aliphatic heterocycles. The van der Waals surface area contributed by atoms with Crippen molar-refractivity contribution in [3.63, 3.8) is 0 Å². The van der Waals surface area contributed by atoms with Crippen molar-refractivity contribution >= 4 is 34.2 Å². The molecule has 30 heavy (non-hydrogen) atoms. The zero-order valence-corrected chi connectivity index (χ0v) is 17.2. The van der Waals surface area contributed by atoms with E-state index in [1.54, 1.807) is 34.1 Å². The molecule has 0 fully saturated rings. The Morgan fingerprint density at radius 3 is 2.90 bits per heavy atom. The van der Waals surface area contributed by atoms with Crippen LogP contribution < -0.4 is 0 Å². The van der Waals surface area contributed by atoms with Gasteiger partial charge in [0.2, 0.25) is 0 Å². The van der Waals surface area contributed by atoms with Crippen LogP contribution in [0.1, 0.15) is 38.0 Å². The number of aldehydes is 1. The van der Waals surface area contributed by atoms with Gasteiger partial charge in [-0.05, 0) is 18.2 Å². The fraction of sp³-hybridized carbons (Fsp3) is 0.200. The Kier molecular flexibility index (Phi) is 5.36. The molecule has 9 nitrogen and oxygen atoms in total. The number of aromatic amines is 1. The summed E-state index contributed by atoms with van der Waals surface area (Å²) in [6, 6.07) is 7.49. The molecule has 4 aromatic rings. The van der Waals surface area contributed by atoms with Crippen molar-refractivity contribution in [3.8, 4) is 6.07 Å². The minimum atomic E-state index is 0.474. The summed E-state index contributed by atoms with van der Waals surface area (Å²) < 4.78 is 2.70. The van der Waals surface area contributed by atoms with Gasteiger partial charge in [-0.3, -0.25) is 19.9 Å². The predicted molar refractivity (Wildman–Crippen MR) is 113 cm³/mol. The standard InChI is InChI=1S/C20H18N8OS/c1-27(11-15-4-3-13(8-21)9-22-15)24-10-16-17(12-29)28(2)20-19(16)30-18(25-20)7-14-5-6-23-26-14/h3-6,9-10,12H,7,11H2,1-2H3,(H,23,26)/b24-10-. The number of hydrazone groups is 1. The maximum absolute atomic E-state index is 11.7. The van der Waals surface area contributed by atoms with Gasteiger partial charge in [0.15, 0.2) is 11.9 Å². The van der Waals surface area contributed by atoms with Crippen LogP contribution in [0.25, 0.3) is 10.3 Å². The Labute approximate surface area is 176 Å². The summed E-state index contributed by atoms with van der Waals surface area (Å²) in [6.45, 7) is 0.474. The maximum Gasteiger partial charge on any atom is 0.167 e. The van der Waals surface area contributed by atoms with Crippen molar-refractivity contribution in [3.05, 3.63) is 63.8 Å². The van der Waals surface area contributed by atoms with Gasteiger partial charge >= 0.3 is 0 Å². The number of nitrogens with one attached hydrogen (secondary N) is 1. The molecule has 0 spiro atoms. The molecule has 0 aliphatic rings. The summed E-state index contributed by atoms with van der Waals surface area (Å²) in [5.41, 5.74) is 4.25. The third-order valence-corrected chi connectivity index (χ3v) is 5.66. The molecule has 0 radical (unpaired) electrons. The highest BCUT2D eigenvalue weighted by Gasteiger charge is 2.18. The topological polar surface area (TPSA) is 116 Å². The molecule has 4 heterocycles. The van der Waals surface area contributed by atoms with E-state index in [0.29, 0.717) is 24.2 Å². The Balaban J connectivity index is 1.59. The molecule has 10 heteroatoms. The molecule has 4 rings (SSSR count). The molecule has 0 bridgehead atoms. The lowest BCUT2D eigenvalue weighted by Gasteiger charge is -2.11. The van der Waals surface area contributed by atoms with Crippen LogP contribution in [0.3, 0.4) is 0 Å². The Bertz CT molecular complexity index is 1240. The highest BCUT2D eigenvalue weighted by molar-refractivity contribution is 7.19. The molecule has 0 aliphatic carbocycles. The number of hydrogen-bond acceptors (Lipinski definition) is 8. The zero-order chi connectivity index (χ0) is 21.1. The Hall–Kier alpha value is -3.84. The van der Waals surface area contributed by atoms with Gasteiger partial charge in [-0.1, -0.05) is 0 Å². The van der Waals surface area contributed by atoms with Crippen molar-refractivity contribution in [2.45, 2.75) is 13.0 Å². The molecule has 0 unspecified atom stereocenters. The lowest BCUT2D eigenvalue weighted by atomic mass is 10.2. The van der Waals surface area contributed by atoms with Gasteiger partial charge in [-0.15, -0.1) is 11.3 Å². The number of carbonyl (C=O) groups excluding carboxylic acids is 1. The third kappa shape index (κ3) is 3.83. The quantitative estimate of drug-likeness (QED) is 0.280. The number of nitriles is 1. The second kappa shape index (κ2) is 8.26. The number of fused-ring (bicyclic) bond motifs is 1. The van der Waals surface area contributed by atoms with Crippen LogP contribution in [0.4, 0.5) is 0 Å². The second-order valence-electron chi connectivity index (χ2n) is 6.69. The minimum Gasteiger partial charge on any atom is -0.325 e. The summed E-state index contributed by atoms with van der Waals surface area (Å²) >= 11 is 1.53. The van der Waals surface area contributed by atoms with Gasteiger partial charge in [-0.2, -0.15) is 15.5 Å². The van der Waals surface area contributed by atoms with Crippen LogP contribution in [0, 0.1) is 11.3 Å². The van der Waals surface area contributed by atoms with E-state index >= 15 is 0 Å². The molecule has 0 saturated carbocycles. The van der Waals surface area contributed by atoms with Crippen molar-refractivity contribution in [1.82, 2.24) is 29.7 Å². The number of H-pyrrole nitrogens is 1. The average Bonchev–Trinajstić information content (AvgIpc) is 3.46. The molecule has 0 amide bonds. The molecule has 0 atom stereocenters. The largest absolute Gasteiger partial charge is 0.325 e. The highest BCUT2D eigenvalue weighted by Crippen LogP contribution is 2.30. The monoisotopic (exact) mass is 418 g/mol. The van der Waals surface area contributed by atoms with E-state index in [0.717, 1.165) is 38.6 Å². The molecular formula is C20H18N8OS. The number of rotatable bonds is 7. The molecule has 1 N–H and O–H groups in total. The van der Waals surface area contributed by atoms with Crippen LogP contribution in [0.2, 0.25) is 0 Å². The van der Waals surface area contributed by atoms with E-state index in [-0.39, 0.29) is 0 Å². The molecule has 4 aromatic heterocycles. The summed E-state index contributed by atoms with van der Waals surface area (Å²) in [5, 5.41) is 23.0. The minimum absolute atomic E-state index is 0.474. The fourth-order valence-corrected chi connectivity index (χ4v) is 4.20. The van der Waals surface area contributed by atoms with Crippen LogP contribution in [-0.2, 0) is 20.0 Å². The van der Waals surface area contributed by atoms with Gasteiger partial charge in [0, 0.05) is 38.5 Å². The number of aromatic nitrogens is 5. The van der Waals surface area contributed by atoms with E-state index < -0.39 is 0 Å². The maximum atomic E-state index is 11.7.